The van der Waals surface area contributed by atoms with Gasteiger partial charge in [0.25, 0.3) is 0 Å². The van der Waals surface area contributed by atoms with Crippen LogP contribution in [0.3, 0.4) is 0 Å². The summed E-state index contributed by atoms with van der Waals surface area (Å²) in [6.07, 6.45) is 5.51. The molecule has 0 aromatic heterocycles. The Hall–Kier alpha value is -0.830. The van der Waals surface area contributed by atoms with Gasteiger partial charge in [0.1, 0.15) is 0 Å². The number of hydrogen-bond donors (Lipinski definition) is 0. The van der Waals surface area contributed by atoms with E-state index in [2.05, 4.69) is 51.8 Å². The summed E-state index contributed by atoms with van der Waals surface area (Å²) in [6.45, 7) is 15.4. The lowest BCUT2D eigenvalue weighted by molar-refractivity contribution is 0.245. The Balaban J connectivity index is 0.00000116. The normalized spacial score (nSPS) is 32.4. The number of allylic oxidation sites excluding steroid dienone is 4. The lowest BCUT2D eigenvalue weighted by Crippen LogP contribution is -2.42. The van der Waals surface area contributed by atoms with Crippen LogP contribution in [0.25, 0.3) is 0 Å². The van der Waals surface area contributed by atoms with Crippen molar-refractivity contribution in [2.24, 2.45) is 21.8 Å². The molecule has 3 atom stereocenters. The maximum atomic E-state index is 5.16. The molecular weight excluding hydrogens is 288 g/mol. The zero-order chi connectivity index (χ0) is 16.9. The van der Waals surface area contributed by atoms with Crippen LogP contribution in [0.2, 0.25) is 0 Å². The van der Waals surface area contributed by atoms with E-state index in [-0.39, 0.29) is 5.54 Å². The van der Waals surface area contributed by atoms with Gasteiger partial charge in [0.2, 0.25) is 0 Å². The summed E-state index contributed by atoms with van der Waals surface area (Å²) in [5, 5.41) is 0. The highest BCUT2D eigenvalue weighted by atomic mass is 32.2. The first kappa shape index (κ1) is 19.2. The van der Waals surface area contributed by atoms with E-state index in [4.69, 9.17) is 4.99 Å². The van der Waals surface area contributed by atoms with Crippen molar-refractivity contribution in [3.8, 4) is 0 Å². The van der Waals surface area contributed by atoms with Gasteiger partial charge in [-0.1, -0.05) is 41.5 Å². The quantitative estimate of drug-likeness (QED) is 0.625. The van der Waals surface area contributed by atoms with Gasteiger partial charge in [-0.05, 0) is 48.7 Å². The van der Waals surface area contributed by atoms with Gasteiger partial charge in [-0.3, -0.25) is 9.98 Å². The molecule has 0 spiro atoms. The van der Waals surface area contributed by atoms with Crippen molar-refractivity contribution < 1.29 is 0 Å². The van der Waals surface area contributed by atoms with Crippen LogP contribution in [0.4, 0.5) is 0 Å². The summed E-state index contributed by atoms with van der Waals surface area (Å²) in [5.74, 6) is 2.17. The van der Waals surface area contributed by atoms with Crippen LogP contribution in [0.1, 0.15) is 54.9 Å². The SMILES string of the molecule is CC.CCSC1=CC(=NC)C=C2C1=NC(C)(CC)C(C)C2C. The van der Waals surface area contributed by atoms with Gasteiger partial charge in [-0.15, -0.1) is 11.8 Å². The Kier molecular flexibility index (Phi) is 7.11. The highest BCUT2D eigenvalue weighted by Crippen LogP contribution is 2.43. The minimum Gasteiger partial charge on any atom is -0.289 e. The third-order valence-electron chi connectivity index (χ3n) is 4.95. The fraction of sp³-hybridized carbons (Fsp3) is 0.684. The van der Waals surface area contributed by atoms with Crippen LogP contribution in [0, 0.1) is 11.8 Å². The molecule has 0 fully saturated rings. The number of rotatable bonds is 3. The predicted molar refractivity (Wildman–Crippen MR) is 103 cm³/mol. The fourth-order valence-corrected chi connectivity index (χ4v) is 3.86. The molecule has 0 N–H and O–H groups in total. The Morgan fingerprint density at radius 2 is 1.86 bits per heavy atom. The van der Waals surface area contributed by atoms with E-state index in [9.17, 15) is 0 Å². The molecule has 0 aromatic rings. The monoisotopic (exact) mass is 320 g/mol. The number of hydrogen-bond acceptors (Lipinski definition) is 3. The molecule has 2 aliphatic rings. The summed E-state index contributed by atoms with van der Waals surface area (Å²) in [7, 11) is 1.87. The Morgan fingerprint density at radius 1 is 1.23 bits per heavy atom. The zero-order valence-corrected chi connectivity index (χ0v) is 16.3. The van der Waals surface area contributed by atoms with Crippen molar-refractivity contribution in [1.29, 1.82) is 0 Å². The van der Waals surface area contributed by atoms with Crippen molar-refractivity contribution >= 4 is 23.2 Å². The molecular formula is C19H32N2S. The zero-order valence-electron chi connectivity index (χ0n) is 15.5. The predicted octanol–water partition coefficient (Wildman–Crippen LogP) is 5.56. The molecule has 22 heavy (non-hydrogen) atoms. The van der Waals surface area contributed by atoms with E-state index < -0.39 is 0 Å². The minimum atomic E-state index is 0.0559. The molecule has 3 unspecified atom stereocenters. The molecule has 124 valence electrons. The standard InChI is InChI=1S/C17H26N2S.C2H6/c1-7-17(5)12(4)11(3)14-9-13(18-6)10-15(20-8-2)16(14)19-17;1-2/h9-12H,7-8H2,1-6H3;1-2H3. The van der Waals surface area contributed by atoms with Crippen molar-refractivity contribution in [3.63, 3.8) is 0 Å². The molecule has 0 saturated carbocycles. The van der Waals surface area contributed by atoms with Gasteiger partial charge < -0.3 is 0 Å². The molecule has 0 bridgehead atoms. The van der Waals surface area contributed by atoms with Crippen molar-refractivity contribution in [1.82, 2.24) is 0 Å². The lowest BCUT2D eigenvalue weighted by atomic mass is 9.70. The third kappa shape index (κ3) is 3.56. The fourth-order valence-electron chi connectivity index (χ4n) is 3.04. The van der Waals surface area contributed by atoms with Gasteiger partial charge >= 0.3 is 0 Å². The lowest BCUT2D eigenvalue weighted by Gasteiger charge is -2.43. The molecule has 0 amide bonds. The van der Waals surface area contributed by atoms with Crippen LogP contribution in [0.15, 0.2) is 32.6 Å². The van der Waals surface area contributed by atoms with E-state index in [0.717, 1.165) is 17.9 Å². The molecule has 0 aromatic carbocycles. The maximum Gasteiger partial charge on any atom is 0.0753 e. The first-order valence-corrected chi connectivity index (χ1v) is 9.58. The average molecular weight is 321 g/mol. The summed E-state index contributed by atoms with van der Waals surface area (Å²) in [5.41, 5.74) is 3.73. The van der Waals surface area contributed by atoms with E-state index in [1.54, 1.807) is 0 Å². The smallest absolute Gasteiger partial charge is 0.0753 e. The number of thioether (sulfide) groups is 1. The number of aliphatic imine (C=N–C) groups is 2. The molecule has 2 rings (SSSR count). The van der Waals surface area contributed by atoms with Crippen LogP contribution < -0.4 is 0 Å². The highest BCUT2D eigenvalue weighted by molar-refractivity contribution is 8.04. The summed E-state index contributed by atoms with van der Waals surface area (Å²) in [6, 6.07) is 0. The van der Waals surface area contributed by atoms with E-state index >= 15 is 0 Å². The Morgan fingerprint density at radius 3 is 2.36 bits per heavy atom. The third-order valence-corrected chi connectivity index (χ3v) is 5.86. The Labute approximate surface area is 141 Å². The molecule has 1 aliphatic heterocycles. The average Bonchev–Trinajstić information content (AvgIpc) is 2.55. The van der Waals surface area contributed by atoms with Crippen LogP contribution in [-0.2, 0) is 0 Å². The van der Waals surface area contributed by atoms with Gasteiger partial charge in [0.05, 0.1) is 17.0 Å². The number of nitrogens with zero attached hydrogens (tertiary/aromatic N) is 2. The summed E-state index contributed by atoms with van der Waals surface area (Å²) < 4.78 is 0. The maximum absolute atomic E-state index is 5.16. The van der Waals surface area contributed by atoms with E-state index in [1.165, 1.54) is 16.2 Å². The largest absolute Gasteiger partial charge is 0.289 e. The molecule has 2 nitrogen and oxygen atoms in total. The second kappa shape index (κ2) is 8.14. The van der Waals surface area contributed by atoms with E-state index in [0.29, 0.717) is 11.8 Å². The molecule has 1 heterocycles. The summed E-state index contributed by atoms with van der Waals surface area (Å²) in [4.78, 5) is 10.8. The Bertz CT molecular complexity index is 514. The topological polar surface area (TPSA) is 24.7 Å². The minimum absolute atomic E-state index is 0.0559. The second-order valence-corrected chi connectivity index (χ2v) is 7.24. The van der Waals surface area contributed by atoms with Crippen molar-refractivity contribution in [2.75, 3.05) is 12.8 Å². The van der Waals surface area contributed by atoms with Gasteiger partial charge in [-0.2, -0.15) is 0 Å². The summed E-state index contributed by atoms with van der Waals surface area (Å²) >= 11 is 1.88. The van der Waals surface area contributed by atoms with Gasteiger partial charge in [0.15, 0.2) is 0 Å². The van der Waals surface area contributed by atoms with Gasteiger partial charge in [-0.25, -0.2) is 0 Å². The number of fused-ring (bicyclic) bond motifs is 1. The molecule has 0 saturated heterocycles. The van der Waals surface area contributed by atoms with Crippen LogP contribution >= 0.6 is 11.8 Å². The molecule has 3 heteroatoms. The van der Waals surface area contributed by atoms with Crippen molar-refractivity contribution in [2.45, 2.75) is 60.4 Å². The van der Waals surface area contributed by atoms with Crippen molar-refractivity contribution in [3.05, 3.63) is 22.6 Å². The van der Waals surface area contributed by atoms with Crippen LogP contribution in [-0.4, -0.2) is 29.8 Å². The second-order valence-electron chi connectivity index (χ2n) is 5.94. The first-order chi connectivity index (χ1) is 10.5. The van der Waals surface area contributed by atoms with Gasteiger partial charge in [0, 0.05) is 12.0 Å². The highest BCUT2D eigenvalue weighted by Gasteiger charge is 2.41. The van der Waals surface area contributed by atoms with Crippen LogP contribution in [0.5, 0.6) is 0 Å². The molecule has 1 aliphatic carbocycles. The van der Waals surface area contributed by atoms with E-state index in [1.807, 2.05) is 32.7 Å². The first-order valence-electron chi connectivity index (χ1n) is 8.60. The molecule has 0 radical (unpaired) electrons.